The fourth-order valence-corrected chi connectivity index (χ4v) is 8.30. The first kappa shape index (κ1) is 46.8. The molecule has 24 nitrogen and oxygen atoms in total. The molecule has 4 aromatic rings. The number of anilines is 2. The molecule has 2 fully saturated rings. The van der Waals surface area contributed by atoms with Crippen LogP contribution in [0, 0.1) is 12.8 Å². The number of rotatable bonds is 20. The second kappa shape index (κ2) is 20.2. The molecule has 26 heteroatoms. The molecule has 1 amide bonds. The Balaban J connectivity index is 1.09. The largest absolute Gasteiger partial charge is 0.472 e. The maximum absolute atomic E-state index is 13.5. The minimum absolute atomic E-state index is 0.0401. The van der Waals surface area contributed by atoms with Crippen LogP contribution in [0.25, 0.3) is 11.2 Å². The highest BCUT2D eigenvalue weighted by molar-refractivity contribution is 7.47. The summed E-state index contributed by atoms with van der Waals surface area (Å²) >= 11 is 0. The number of nitrogens with one attached hydrogen (secondary N) is 1. The number of aliphatic hydroxyl groups excluding tert-OH is 1. The van der Waals surface area contributed by atoms with E-state index in [4.69, 9.17) is 34.7 Å². The van der Waals surface area contributed by atoms with Gasteiger partial charge in [-0.1, -0.05) is 37.6 Å². The number of nitrogens with two attached hydrogens (primary N) is 2. The molecule has 1 aromatic carbocycles. The highest BCUT2D eigenvalue weighted by Crippen LogP contribution is 2.50. The van der Waals surface area contributed by atoms with E-state index in [1.165, 1.54) is 29.5 Å². The van der Waals surface area contributed by atoms with Gasteiger partial charge in [0.15, 0.2) is 23.8 Å². The van der Waals surface area contributed by atoms with Crippen molar-refractivity contribution in [3.8, 4) is 0 Å². The predicted octanol–water partition coefficient (Wildman–Crippen LogP) is 1.18. The second-order valence-electron chi connectivity index (χ2n) is 14.8. The van der Waals surface area contributed by atoms with Crippen molar-refractivity contribution < 1.29 is 66.3 Å². The van der Waals surface area contributed by atoms with E-state index < -0.39 is 89.4 Å². The van der Waals surface area contributed by atoms with Crippen LogP contribution in [0.3, 0.4) is 0 Å². The molecule has 0 radical (unpaired) electrons. The van der Waals surface area contributed by atoms with Gasteiger partial charge in [-0.25, -0.2) is 28.9 Å². The fraction of sp³-hybridized carbons (Fsp3) is 0.528. The number of aliphatic hydroxyl groups is 1. The number of fused-ring (bicyclic) bond motifs is 1. The minimum atomic E-state index is -5.15. The second-order valence-corrected chi connectivity index (χ2v) is 17.5. The summed E-state index contributed by atoms with van der Waals surface area (Å²) in [5, 5.41) is 14.5. The first-order valence-corrected chi connectivity index (χ1v) is 22.6. The molecule has 2 aliphatic rings. The number of unbranched alkanes of at least 4 members (excludes halogenated alkanes) is 1. The number of esters is 1. The number of hydrogen-bond acceptors (Lipinski definition) is 18. The van der Waals surface area contributed by atoms with Gasteiger partial charge >= 0.3 is 27.3 Å². The number of carbonyl (C=O) groups excluding carboxylic acids is 2. The molecule has 2 saturated heterocycles. The molecule has 338 valence electrons. The third kappa shape index (κ3) is 12.1. The van der Waals surface area contributed by atoms with E-state index in [0.29, 0.717) is 38.6 Å². The Labute approximate surface area is 353 Å². The number of phosphoric acid groups is 2. The lowest BCUT2D eigenvalue weighted by Gasteiger charge is -2.24. The average Bonchev–Trinajstić information content (AvgIpc) is 3.90. The molecule has 5 heterocycles. The number of hydrogen-bond donors (Lipinski definition) is 7. The summed E-state index contributed by atoms with van der Waals surface area (Å²) in [6.45, 7) is 2.40. The number of ether oxygens (including phenoxy) is 3. The van der Waals surface area contributed by atoms with Crippen LogP contribution in [-0.2, 0) is 52.9 Å². The lowest BCUT2D eigenvalue weighted by Crippen LogP contribution is -2.39. The van der Waals surface area contributed by atoms with Gasteiger partial charge in [-0.15, -0.1) is 0 Å². The van der Waals surface area contributed by atoms with Gasteiger partial charge in [0.05, 0.1) is 25.5 Å². The summed E-state index contributed by atoms with van der Waals surface area (Å²) in [5.41, 5.74) is 13.2. The van der Waals surface area contributed by atoms with Gasteiger partial charge in [-0.3, -0.25) is 32.3 Å². The molecule has 0 saturated carbocycles. The van der Waals surface area contributed by atoms with Crippen molar-refractivity contribution in [3.05, 3.63) is 70.8 Å². The molecular formula is C36H49N9O15P2. The molecular weight excluding hydrogens is 860 g/mol. The Morgan fingerprint density at radius 1 is 1.02 bits per heavy atom. The summed E-state index contributed by atoms with van der Waals surface area (Å²) in [6, 6.07) is 9.15. The first-order valence-electron chi connectivity index (χ1n) is 19.5. The average molecular weight is 910 g/mol. The van der Waals surface area contributed by atoms with E-state index in [1.807, 2.05) is 31.2 Å². The van der Waals surface area contributed by atoms with E-state index in [1.54, 1.807) is 6.92 Å². The van der Waals surface area contributed by atoms with Gasteiger partial charge in [-0.05, 0) is 43.4 Å². The number of amides is 1. The topological polar surface area (TPSA) is 347 Å². The maximum Gasteiger partial charge on any atom is 0.472 e. The zero-order valence-electron chi connectivity index (χ0n) is 33.6. The molecule has 0 spiro atoms. The number of imidazole rings is 1. The third-order valence-electron chi connectivity index (χ3n) is 10.3. The molecule has 9 atom stereocenters. The molecule has 9 N–H and O–H groups in total. The SMILES string of the molecule is Cc1ccccc1CCC(=O)NCCCCC(C)C(=O)O[C@H]1[C@@H](O)[C@H](n2cnc3c(N)ncnc32)O[C@@H]1COP(=O)(O)O[C@H]1C[C@H](n2ccc(N)nc2=O)O[C@@H]1COP(=O)(O)O. The van der Waals surface area contributed by atoms with E-state index in [2.05, 4.69) is 29.8 Å². The van der Waals surface area contributed by atoms with Crippen LogP contribution in [0.15, 0.2) is 54.0 Å². The quantitative estimate of drug-likeness (QED) is 0.0372. The third-order valence-corrected chi connectivity index (χ3v) is 11.8. The van der Waals surface area contributed by atoms with Crippen molar-refractivity contribution in [1.29, 1.82) is 0 Å². The van der Waals surface area contributed by atoms with Crippen LogP contribution in [0.5, 0.6) is 0 Å². The summed E-state index contributed by atoms with van der Waals surface area (Å²) in [6.07, 6.45) is -4.02. The Morgan fingerprint density at radius 2 is 1.77 bits per heavy atom. The van der Waals surface area contributed by atoms with Gasteiger partial charge in [0.25, 0.3) is 0 Å². The number of aryl methyl sites for hydroxylation is 2. The summed E-state index contributed by atoms with van der Waals surface area (Å²) in [4.78, 5) is 83.7. The van der Waals surface area contributed by atoms with Gasteiger partial charge in [0, 0.05) is 25.6 Å². The lowest BCUT2D eigenvalue weighted by atomic mass is 10.0. The number of benzene rings is 1. The van der Waals surface area contributed by atoms with Crippen molar-refractivity contribution >= 4 is 50.3 Å². The minimum Gasteiger partial charge on any atom is -0.456 e. The highest BCUT2D eigenvalue weighted by Gasteiger charge is 2.50. The molecule has 2 unspecified atom stereocenters. The monoisotopic (exact) mass is 909 g/mol. The Bertz CT molecular complexity index is 2360. The lowest BCUT2D eigenvalue weighted by molar-refractivity contribution is -0.161. The Kier molecular flexibility index (Phi) is 15.2. The number of nitrogens with zero attached hydrogens (tertiary/aromatic N) is 6. The van der Waals surface area contributed by atoms with Crippen molar-refractivity contribution in [2.45, 2.75) is 95.3 Å². The van der Waals surface area contributed by atoms with Crippen LogP contribution in [0.1, 0.15) is 62.6 Å². The number of aromatic nitrogens is 6. The molecule has 0 bridgehead atoms. The van der Waals surface area contributed by atoms with Gasteiger partial charge < -0.3 is 50.8 Å². The first-order chi connectivity index (χ1) is 29.4. The zero-order valence-corrected chi connectivity index (χ0v) is 35.4. The smallest absolute Gasteiger partial charge is 0.456 e. The van der Waals surface area contributed by atoms with E-state index >= 15 is 0 Å². The summed E-state index contributed by atoms with van der Waals surface area (Å²) < 4.78 is 60.1. The zero-order chi connectivity index (χ0) is 44.8. The summed E-state index contributed by atoms with van der Waals surface area (Å²) in [7, 11) is -10.2. The van der Waals surface area contributed by atoms with Crippen LogP contribution in [0.4, 0.5) is 11.6 Å². The van der Waals surface area contributed by atoms with Crippen molar-refractivity contribution in [1.82, 2.24) is 34.4 Å². The van der Waals surface area contributed by atoms with Crippen LogP contribution in [-0.4, -0.2) is 111 Å². The van der Waals surface area contributed by atoms with E-state index in [0.717, 1.165) is 15.7 Å². The number of nitrogen functional groups attached to an aromatic ring is 2. The Morgan fingerprint density at radius 3 is 2.52 bits per heavy atom. The van der Waals surface area contributed by atoms with Gasteiger partial charge in [0.2, 0.25) is 5.91 Å². The van der Waals surface area contributed by atoms with E-state index in [9.17, 15) is 43.3 Å². The van der Waals surface area contributed by atoms with Crippen LogP contribution >= 0.6 is 15.6 Å². The van der Waals surface area contributed by atoms with Gasteiger partial charge in [0.1, 0.15) is 48.3 Å². The summed E-state index contributed by atoms with van der Waals surface area (Å²) in [5.74, 6) is -1.53. The number of carbonyl (C=O) groups is 2. The van der Waals surface area contributed by atoms with Gasteiger partial charge in [-0.2, -0.15) is 4.98 Å². The fourth-order valence-electron chi connectivity index (χ4n) is 7.00. The van der Waals surface area contributed by atoms with E-state index in [-0.39, 0.29) is 35.1 Å². The van der Waals surface area contributed by atoms with Crippen molar-refractivity contribution in [3.63, 3.8) is 0 Å². The predicted molar refractivity (Wildman–Crippen MR) is 215 cm³/mol. The molecule has 6 rings (SSSR count). The van der Waals surface area contributed by atoms with Crippen molar-refractivity contribution in [2.24, 2.45) is 5.92 Å². The Hall–Kier alpha value is -4.71. The maximum atomic E-state index is 13.5. The highest BCUT2D eigenvalue weighted by atomic mass is 31.2. The molecule has 0 aliphatic carbocycles. The standard InChI is InChI=1S/C36H49N9O15P2/c1-20-7-3-4-9-22(20)10-11-27(46)39-13-6-5-8-21(2)35(48)59-31-25(58-34(30(31)47)45-19-42-29-32(38)40-18-41-33(29)45)17-56-62(53,54)60-23-15-28(44-14-12-26(37)43-36(44)49)57-24(23)16-55-61(50,51)52/h3-4,7,9,12,14,18-19,21,23-25,28,30-31,34,47H,5-6,8,10-11,13,15-17H2,1-2H3,(H,39,46)(H,53,54)(H2,37,43,49)(H2,38,40,41)(H2,50,51,52)/t21?,23-,24+,25+,28+,30+,31+,34+/m0/s1. The molecule has 2 aliphatic heterocycles. The normalized spacial score (nSPS) is 24.2. The number of phosphoric ester groups is 2. The molecule has 62 heavy (non-hydrogen) atoms. The molecule has 3 aromatic heterocycles. The van der Waals surface area contributed by atoms with Crippen molar-refractivity contribution in [2.75, 3.05) is 31.2 Å². The van der Waals surface area contributed by atoms with Crippen LogP contribution in [0.2, 0.25) is 0 Å². The van der Waals surface area contributed by atoms with Crippen LogP contribution < -0.4 is 22.5 Å².